The molecule has 0 heterocycles. The van der Waals surface area contributed by atoms with Crippen LogP contribution in [0.1, 0.15) is 46.7 Å². The molecule has 27 heavy (non-hydrogen) atoms. The van der Waals surface area contributed by atoms with Crippen LogP contribution in [0.3, 0.4) is 0 Å². The summed E-state index contributed by atoms with van der Waals surface area (Å²) in [5.74, 6) is 0.287. The van der Waals surface area contributed by atoms with Gasteiger partial charge in [-0.15, -0.1) is 0 Å². The Morgan fingerprint density at radius 1 is 1.19 bits per heavy atom. The summed E-state index contributed by atoms with van der Waals surface area (Å²) in [4.78, 5) is 13.4. The van der Waals surface area contributed by atoms with Gasteiger partial charge in [0.2, 0.25) is 0 Å². The van der Waals surface area contributed by atoms with E-state index in [9.17, 15) is 15.0 Å². The van der Waals surface area contributed by atoms with Crippen LogP contribution in [-0.2, 0) is 0 Å². The zero-order valence-electron chi connectivity index (χ0n) is 15.9. The molecule has 142 valence electrons. The molecule has 0 radical (unpaired) electrons. The van der Waals surface area contributed by atoms with Gasteiger partial charge in [0.1, 0.15) is 5.75 Å². The highest BCUT2D eigenvalue weighted by molar-refractivity contribution is 5.88. The molecule has 0 amide bonds. The maximum absolute atomic E-state index is 11.2. The van der Waals surface area contributed by atoms with Crippen LogP contribution in [0.2, 0.25) is 0 Å². The number of nitrogens with zero attached hydrogens (tertiary/aromatic N) is 1. The molecule has 4 heteroatoms. The first-order valence-corrected chi connectivity index (χ1v) is 9.39. The van der Waals surface area contributed by atoms with Gasteiger partial charge >= 0.3 is 5.97 Å². The third kappa shape index (κ3) is 4.98. The molecule has 0 aromatic heterocycles. The topological polar surface area (TPSA) is 60.8 Å². The summed E-state index contributed by atoms with van der Waals surface area (Å²) in [6, 6.07) is 14.7. The molecule has 1 fully saturated rings. The lowest BCUT2D eigenvalue weighted by Crippen LogP contribution is -2.29. The molecule has 0 aliphatic heterocycles. The Morgan fingerprint density at radius 2 is 1.96 bits per heavy atom. The fourth-order valence-electron chi connectivity index (χ4n) is 4.08. The zero-order chi connectivity index (χ0) is 19.4. The van der Waals surface area contributed by atoms with E-state index in [0.29, 0.717) is 23.1 Å². The van der Waals surface area contributed by atoms with Gasteiger partial charge in [-0.1, -0.05) is 35.9 Å². The molecule has 1 saturated carbocycles. The van der Waals surface area contributed by atoms with Crippen molar-refractivity contribution in [3.63, 3.8) is 0 Å². The second-order valence-corrected chi connectivity index (χ2v) is 7.70. The SMILES string of the molecule is CN(C)CC1CC/C(=C/c2cccc(C(=O)O)c2)CC1c1cccc(O)c1. The predicted molar refractivity (Wildman–Crippen MR) is 108 cm³/mol. The van der Waals surface area contributed by atoms with Crippen LogP contribution in [0.25, 0.3) is 6.08 Å². The number of hydrogen-bond acceptors (Lipinski definition) is 3. The van der Waals surface area contributed by atoms with Crippen molar-refractivity contribution >= 4 is 12.0 Å². The predicted octanol–water partition coefficient (Wildman–Crippen LogP) is 4.62. The number of rotatable bonds is 5. The maximum Gasteiger partial charge on any atom is 0.335 e. The molecule has 0 bridgehead atoms. The van der Waals surface area contributed by atoms with Crippen LogP contribution in [0.15, 0.2) is 54.1 Å². The van der Waals surface area contributed by atoms with E-state index in [1.165, 1.54) is 11.1 Å². The third-order valence-corrected chi connectivity index (χ3v) is 5.29. The van der Waals surface area contributed by atoms with Crippen molar-refractivity contribution in [3.8, 4) is 5.75 Å². The van der Waals surface area contributed by atoms with Crippen molar-refractivity contribution in [2.45, 2.75) is 25.2 Å². The van der Waals surface area contributed by atoms with Gasteiger partial charge in [-0.25, -0.2) is 4.79 Å². The van der Waals surface area contributed by atoms with Gasteiger partial charge in [0.15, 0.2) is 0 Å². The van der Waals surface area contributed by atoms with Crippen molar-refractivity contribution in [3.05, 3.63) is 70.8 Å². The van der Waals surface area contributed by atoms with E-state index >= 15 is 0 Å². The van der Waals surface area contributed by atoms with E-state index in [0.717, 1.165) is 31.4 Å². The van der Waals surface area contributed by atoms with E-state index in [4.69, 9.17) is 0 Å². The summed E-state index contributed by atoms with van der Waals surface area (Å²) < 4.78 is 0. The van der Waals surface area contributed by atoms with Gasteiger partial charge in [-0.05, 0) is 80.6 Å². The number of benzene rings is 2. The molecule has 1 aliphatic carbocycles. The van der Waals surface area contributed by atoms with Gasteiger partial charge in [-0.2, -0.15) is 0 Å². The summed E-state index contributed by atoms with van der Waals surface area (Å²) in [5, 5.41) is 19.1. The quantitative estimate of drug-likeness (QED) is 0.812. The van der Waals surface area contributed by atoms with Crippen LogP contribution < -0.4 is 0 Å². The van der Waals surface area contributed by atoms with Gasteiger partial charge < -0.3 is 15.1 Å². The molecule has 2 atom stereocenters. The van der Waals surface area contributed by atoms with E-state index < -0.39 is 5.97 Å². The largest absolute Gasteiger partial charge is 0.508 e. The summed E-state index contributed by atoms with van der Waals surface area (Å²) in [7, 11) is 4.20. The number of aromatic carboxylic acids is 1. The average Bonchev–Trinajstić information content (AvgIpc) is 2.63. The highest BCUT2D eigenvalue weighted by Crippen LogP contribution is 2.42. The standard InChI is InChI=1S/C23H27NO3/c1-24(2)15-20-10-9-17(11-16-5-3-7-19(12-16)23(26)27)13-22(20)18-6-4-8-21(25)14-18/h3-8,11-12,14,20,22,25H,9-10,13,15H2,1-2H3,(H,26,27)/b17-11-. The van der Waals surface area contributed by atoms with Crippen molar-refractivity contribution in [1.82, 2.24) is 4.90 Å². The summed E-state index contributed by atoms with van der Waals surface area (Å²) in [6.45, 7) is 1.02. The molecule has 2 N–H and O–H groups in total. The lowest BCUT2D eigenvalue weighted by molar-refractivity contribution is 0.0697. The average molecular weight is 365 g/mol. The highest BCUT2D eigenvalue weighted by atomic mass is 16.4. The molecule has 2 unspecified atom stereocenters. The number of phenols is 1. The molecule has 0 spiro atoms. The van der Waals surface area contributed by atoms with Gasteiger partial charge in [-0.3, -0.25) is 0 Å². The monoisotopic (exact) mass is 365 g/mol. The highest BCUT2D eigenvalue weighted by Gasteiger charge is 2.29. The Bertz CT molecular complexity index is 841. The van der Waals surface area contributed by atoms with E-state index in [1.807, 2.05) is 18.2 Å². The number of allylic oxidation sites excluding steroid dienone is 1. The van der Waals surface area contributed by atoms with Crippen molar-refractivity contribution in [1.29, 1.82) is 0 Å². The Labute approximate surface area is 160 Å². The second-order valence-electron chi connectivity index (χ2n) is 7.70. The van der Waals surface area contributed by atoms with Gasteiger partial charge in [0.25, 0.3) is 0 Å². The van der Waals surface area contributed by atoms with Crippen molar-refractivity contribution in [2.75, 3.05) is 20.6 Å². The second kappa shape index (κ2) is 8.40. The molecular formula is C23H27NO3. The Hall–Kier alpha value is -2.59. The Balaban J connectivity index is 1.87. The number of carboxylic acid groups (broad SMARTS) is 1. The number of hydrogen-bond donors (Lipinski definition) is 2. The molecule has 1 aliphatic rings. The first kappa shape index (κ1) is 19.2. The smallest absolute Gasteiger partial charge is 0.335 e. The van der Waals surface area contributed by atoms with Crippen LogP contribution in [0.4, 0.5) is 0 Å². The summed E-state index contributed by atoms with van der Waals surface area (Å²) in [5.41, 5.74) is 3.76. The normalized spacial score (nSPS) is 21.5. The molecule has 2 aromatic rings. The minimum atomic E-state index is -0.900. The number of carbonyl (C=O) groups is 1. The van der Waals surface area contributed by atoms with Crippen LogP contribution in [0.5, 0.6) is 5.75 Å². The molecule has 4 nitrogen and oxygen atoms in total. The lowest BCUT2D eigenvalue weighted by atomic mass is 9.73. The molecular weight excluding hydrogens is 338 g/mol. The van der Waals surface area contributed by atoms with E-state index in [2.05, 4.69) is 31.1 Å². The third-order valence-electron chi connectivity index (χ3n) is 5.29. The minimum absolute atomic E-state index is 0.307. The van der Waals surface area contributed by atoms with E-state index in [-0.39, 0.29) is 0 Å². The number of carboxylic acids is 1. The Morgan fingerprint density at radius 3 is 2.67 bits per heavy atom. The first-order valence-electron chi connectivity index (χ1n) is 9.39. The number of aromatic hydroxyl groups is 1. The van der Waals surface area contributed by atoms with Crippen LogP contribution in [-0.4, -0.2) is 41.7 Å². The fraction of sp³-hybridized carbons (Fsp3) is 0.348. The van der Waals surface area contributed by atoms with Gasteiger partial charge in [0, 0.05) is 6.54 Å². The Kier molecular flexibility index (Phi) is 5.97. The van der Waals surface area contributed by atoms with Gasteiger partial charge in [0.05, 0.1) is 5.56 Å². The fourth-order valence-corrected chi connectivity index (χ4v) is 4.08. The summed E-state index contributed by atoms with van der Waals surface area (Å²) in [6.07, 6.45) is 5.17. The van der Waals surface area contributed by atoms with Crippen molar-refractivity contribution in [2.24, 2.45) is 5.92 Å². The molecule has 0 saturated heterocycles. The summed E-state index contributed by atoms with van der Waals surface area (Å²) >= 11 is 0. The lowest BCUT2D eigenvalue weighted by Gasteiger charge is -2.35. The minimum Gasteiger partial charge on any atom is -0.508 e. The van der Waals surface area contributed by atoms with Crippen LogP contribution in [0, 0.1) is 5.92 Å². The first-order chi connectivity index (χ1) is 12.9. The number of phenolic OH excluding ortho intramolecular Hbond substituents is 1. The zero-order valence-corrected chi connectivity index (χ0v) is 15.9. The van der Waals surface area contributed by atoms with Crippen LogP contribution >= 0.6 is 0 Å². The molecule has 2 aromatic carbocycles. The maximum atomic E-state index is 11.2. The van der Waals surface area contributed by atoms with Crippen molar-refractivity contribution < 1.29 is 15.0 Å². The van der Waals surface area contributed by atoms with E-state index in [1.54, 1.807) is 24.3 Å². The molecule has 3 rings (SSSR count).